The van der Waals surface area contributed by atoms with E-state index in [-0.39, 0.29) is 0 Å². The van der Waals surface area contributed by atoms with Crippen LogP contribution in [0.1, 0.15) is 28.9 Å². The van der Waals surface area contributed by atoms with E-state index in [9.17, 15) is 0 Å². The van der Waals surface area contributed by atoms with Gasteiger partial charge in [0, 0.05) is 11.1 Å². The normalized spacial score (nSPS) is 10.9. The second-order valence-electron chi connectivity index (χ2n) is 7.18. The van der Waals surface area contributed by atoms with Crippen LogP contribution in [0.2, 0.25) is 0 Å². The summed E-state index contributed by atoms with van der Waals surface area (Å²) in [5.74, 6) is 4.26. The maximum Gasteiger partial charge on any atom is 0.163 e. The Morgan fingerprint density at radius 2 is 0.897 bits per heavy atom. The summed E-state index contributed by atoms with van der Waals surface area (Å²) in [4.78, 5) is 26.6. The molecule has 0 spiro atoms. The molecule has 4 aromatic rings. The molecule has 6 nitrogen and oxygen atoms in total. The average molecular weight is 382 g/mol. The fraction of sp³-hybridized carbons (Fsp3) is 0.217. The molecule has 2 aromatic heterocycles. The summed E-state index contributed by atoms with van der Waals surface area (Å²) in [6.07, 6.45) is 0. The van der Waals surface area contributed by atoms with Crippen molar-refractivity contribution in [2.75, 3.05) is 0 Å². The summed E-state index contributed by atoms with van der Waals surface area (Å²) >= 11 is 0. The van der Waals surface area contributed by atoms with Crippen molar-refractivity contribution in [3.63, 3.8) is 0 Å². The number of benzene rings is 2. The van der Waals surface area contributed by atoms with Crippen LogP contribution in [0.3, 0.4) is 0 Å². The van der Waals surface area contributed by atoms with E-state index in [2.05, 4.69) is 67.2 Å². The molecule has 0 saturated heterocycles. The van der Waals surface area contributed by atoms with Gasteiger partial charge in [0.2, 0.25) is 0 Å². The van der Waals surface area contributed by atoms with Crippen molar-refractivity contribution < 1.29 is 0 Å². The number of aryl methyl sites for hydroxylation is 5. The van der Waals surface area contributed by atoms with Crippen LogP contribution in [0.4, 0.5) is 0 Å². The van der Waals surface area contributed by atoms with Gasteiger partial charge in [-0.1, -0.05) is 24.3 Å². The Labute approximate surface area is 170 Å². The molecule has 2 heterocycles. The summed E-state index contributed by atoms with van der Waals surface area (Å²) in [7, 11) is 0. The molecule has 0 N–H and O–H groups in total. The third-order valence-electron chi connectivity index (χ3n) is 4.51. The zero-order valence-electron chi connectivity index (χ0n) is 17.2. The Morgan fingerprint density at radius 1 is 0.448 bits per heavy atom. The number of nitrogens with zero attached hydrogens (tertiary/aromatic N) is 6. The molecule has 6 heteroatoms. The zero-order valence-corrected chi connectivity index (χ0v) is 17.2. The van der Waals surface area contributed by atoms with Crippen LogP contribution in [0.25, 0.3) is 33.9 Å². The van der Waals surface area contributed by atoms with E-state index >= 15 is 0 Å². The van der Waals surface area contributed by atoms with Gasteiger partial charge in [-0.15, -0.1) is 0 Å². The standard InChI is InChI=1S/C23H22N6/c1-13-9-20(12-21(10-13)23-28-16(4)25-17(5)29-23)18-7-6-8-19(11-18)22-26-14(2)24-15(3)27-22/h6-12H,1-5H3. The summed E-state index contributed by atoms with van der Waals surface area (Å²) in [6, 6.07) is 14.6. The molecule has 0 fully saturated rings. The van der Waals surface area contributed by atoms with Gasteiger partial charge in [0.1, 0.15) is 23.3 Å². The summed E-state index contributed by atoms with van der Waals surface area (Å²) < 4.78 is 0. The molecule has 0 amide bonds. The number of hydrogen-bond acceptors (Lipinski definition) is 6. The van der Waals surface area contributed by atoms with Crippen molar-refractivity contribution in [1.82, 2.24) is 29.9 Å². The first-order valence-electron chi connectivity index (χ1n) is 9.49. The van der Waals surface area contributed by atoms with Gasteiger partial charge in [-0.25, -0.2) is 29.9 Å². The van der Waals surface area contributed by atoms with Crippen LogP contribution in [0, 0.1) is 34.6 Å². The molecule has 0 aliphatic carbocycles. The lowest BCUT2D eigenvalue weighted by Crippen LogP contribution is -1.99. The first kappa shape index (κ1) is 18.8. The van der Waals surface area contributed by atoms with E-state index in [4.69, 9.17) is 0 Å². The molecule has 0 aliphatic rings. The van der Waals surface area contributed by atoms with Gasteiger partial charge in [0.15, 0.2) is 11.6 Å². The summed E-state index contributed by atoms with van der Waals surface area (Å²) in [5, 5.41) is 0. The van der Waals surface area contributed by atoms with Gasteiger partial charge in [0.05, 0.1) is 0 Å². The molecular weight excluding hydrogens is 360 g/mol. The Hall–Kier alpha value is -3.54. The molecule has 0 unspecified atom stereocenters. The van der Waals surface area contributed by atoms with Crippen molar-refractivity contribution in [2.24, 2.45) is 0 Å². The first-order chi connectivity index (χ1) is 13.9. The smallest absolute Gasteiger partial charge is 0.163 e. The van der Waals surface area contributed by atoms with E-state index in [1.54, 1.807) is 0 Å². The van der Waals surface area contributed by atoms with E-state index in [0.29, 0.717) is 11.6 Å². The molecule has 0 atom stereocenters. The lowest BCUT2D eigenvalue weighted by molar-refractivity contribution is 0.927. The predicted octanol–water partition coefficient (Wildman–Crippen LogP) is 4.60. The molecular formula is C23H22N6. The summed E-state index contributed by atoms with van der Waals surface area (Å²) in [6.45, 7) is 9.62. The highest BCUT2D eigenvalue weighted by atomic mass is 15.0. The zero-order chi connectivity index (χ0) is 20.5. The maximum absolute atomic E-state index is 4.52. The Morgan fingerprint density at radius 3 is 1.48 bits per heavy atom. The van der Waals surface area contributed by atoms with Gasteiger partial charge in [-0.2, -0.15) is 0 Å². The minimum absolute atomic E-state index is 0.688. The molecule has 29 heavy (non-hydrogen) atoms. The predicted molar refractivity (Wildman–Crippen MR) is 113 cm³/mol. The van der Waals surface area contributed by atoms with Gasteiger partial charge in [-0.05, 0) is 69.5 Å². The Kier molecular flexibility index (Phi) is 4.84. The monoisotopic (exact) mass is 382 g/mol. The van der Waals surface area contributed by atoms with Crippen LogP contribution in [0.15, 0.2) is 42.5 Å². The third kappa shape index (κ3) is 4.16. The average Bonchev–Trinajstić information content (AvgIpc) is 2.66. The number of aromatic nitrogens is 6. The quantitative estimate of drug-likeness (QED) is 0.515. The van der Waals surface area contributed by atoms with Crippen molar-refractivity contribution in [3.8, 4) is 33.9 Å². The van der Waals surface area contributed by atoms with Gasteiger partial charge >= 0.3 is 0 Å². The molecule has 144 valence electrons. The van der Waals surface area contributed by atoms with Crippen molar-refractivity contribution in [2.45, 2.75) is 34.6 Å². The SMILES string of the molecule is Cc1cc(-c2cccc(-c3nc(C)nc(C)n3)c2)cc(-c2nc(C)nc(C)n2)c1. The van der Waals surface area contributed by atoms with Crippen molar-refractivity contribution in [3.05, 3.63) is 71.3 Å². The second-order valence-corrected chi connectivity index (χ2v) is 7.18. The van der Waals surface area contributed by atoms with Crippen molar-refractivity contribution in [1.29, 1.82) is 0 Å². The van der Waals surface area contributed by atoms with Crippen LogP contribution in [0.5, 0.6) is 0 Å². The largest absolute Gasteiger partial charge is 0.219 e. The fourth-order valence-electron chi connectivity index (χ4n) is 3.41. The molecule has 0 saturated carbocycles. The minimum atomic E-state index is 0.688. The Balaban J connectivity index is 1.80. The van der Waals surface area contributed by atoms with Crippen LogP contribution >= 0.6 is 0 Å². The van der Waals surface area contributed by atoms with E-state index in [1.165, 1.54) is 0 Å². The van der Waals surface area contributed by atoms with Crippen molar-refractivity contribution >= 4 is 0 Å². The van der Waals surface area contributed by atoms with Crippen LogP contribution in [-0.4, -0.2) is 29.9 Å². The fourth-order valence-corrected chi connectivity index (χ4v) is 3.41. The van der Waals surface area contributed by atoms with E-state index in [0.717, 1.165) is 51.1 Å². The highest BCUT2D eigenvalue weighted by Crippen LogP contribution is 2.29. The molecule has 2 aromatic carbocycles. The van der Waals surface area contributed by atoms with E-state index < -0.39 is 0 Å². The van der Waals surface area contributed by atoms with Gasteiger partial charge in [-0.3, -0.25) is 0 Å². The minimum Gasteiger partial charge on any atom is -0.219 e. The maximum atomic E-state index is 4.52. The molecule has 0 radical (unpaired) electrons. The van der Waals surface area contributed by atoms with Crippen LogP contribution < -0.4 is 0 Å². The van der Waals surface area contributed by atoms with Gasteiger partial charge < -0.3 is 0 Å². The van der Waals surface area contributed by atoms with E-state index in [1.807, 2.05) is 39.8 Å². The highest BCUT2D eigenvalue weighted by Gasteiger charge is 2.10. The topological polar surface area (TPSA) is 77.3 Å². The molecule has 0 bridgehead atoms. The van der Waals surface area contributed by atoms with Crippen LogP contribution in [-0.2, 0) is 0 Å². The molecule has 0 aliphatic heterocycles. The lowest BCUT2D eigenvalue weighted by Gasteiger charge is -2.10. The lowest BCUT2D eigenvalue weighted by atomic mass is 9.98. The summed E-state index contributed by atoms with van der Waals surface area (Å²) in [5.41, 5.74) is 5.27. The highest BCUT2D eigenvalue weighted by molar-refractivity contribution is 5.74. The Bertz CT molecular complexity index is 1180. The third-order valence-corrected chi connectivity index (χ3v) is 4.51. The number of hydrogen-bond donors (Lipinski definition) is 0. The first-order valence-corrected chi connectivity index (χ1v) is 9.49. The molecule has 4 rings (SSSR count). The second kappa shape index (κ2) is 7.47. The van der Waals surface area contributed by atoms with Gasteiger partial charge in [0.25, 0.3) is 0 Å². The number of rotatable bonds is 3.